The summed E-state index contributed by atoms with van der Waals surface area (Å²) < 4.78 is 5.38. The molecule has 1 amide bonds. The number of hydrogen-bond donors (Lipinski definition) is 2. The van der Waals surface area contributed by atoms with Crippen LogP contribution in [0.2, 0.25) is 0 Å². The van der Waals surface area contributed by atoms with E-state index in [4.69, 9.17) is 4.74 Å². The fourth-order valence-electron chi connectivity index (χ4n) is 2.46. The quantitative estimate of drug-likeness (QED) is 0.606. The lowest BCUT2D eigenvalue weighted by Gasteiger charge is -2.19. The predicted octanol–water partition coefficient (Wildman–Crippen LogP) is 0.281. The Labute approximate surface area is 90.8 Å². The van der Waals surface area contributed by atoms with Gasteiger partial charge >= 0.3 is 0 Å². The van der Waals surface area contributed by atoms with Gasteiger partial charge in [-0.15, -0.1) is 0 Å². The van der Waals surface area contributed by atoms with Gasteiger partial charge in [-0.05, 0) is 25.8 Å². The van der Waals surface area contributed by atoms with Crippen LogP contribution in [-0.2, 0) is 9.53 Å². The van der Waals surface area contributed by atoms with Crippen molar-refractivity contribution in [2.45, 2.75) is 31.7 Å². The molecule has 1 aliphatic heterocycles. The predicted molar refractivity (Wildman–Crippen MR) is 57.6 cm³/mol. The zero-order valence-electron chi connectivity index (χ0n) is 9.13. The molecule has 0 bridgehead atoms. The SMILES string of the molecule is O=C1NCCOCCCNC2CCCC12. The maximum Gasteiger partial charge on any atom is 0.224 e. The Kier molecular flexibility index (Phi) is 3.97. The summed E-state index contributed by atoms with van der Waals surface area (Å²) in [4.78, 5) is 11.8. The third kappa shape index (κ3) is 2.92. The van der Waals surface area contributed by atoms with Gasteiger partial charge in [0.15, 0.2) is 0 Å². The van der Waals surface area contributed by atoms with E-state index in [1.165, 1.54) is 6.42 Å². The number of carbonyl (C=O) groups excluding carboxylic acids is 1. The Morgan fingerprint density at radius 1 is 1.13 bits per heavy atom. The topological polar surface area (TPSA) is 50.4 Å². The number of carbonyl (C=O) groups is 1. The second-order valence-electron chi connectivity index (χ2n) is 4.35. The summed E-state index contributed by atoms with van der Waals surface area (Å²) in [5.74, 6) is 0.388. The molecule has 2 N–H and O–H groups in total. The van der Waals surface area contributed by atoms with E-state index in [1.54, 1.807) is 0 Å². The summed E-state index contributed by atoms with van der Waals surface area (Å²) in [6.07, 6.45) is 4.38. The molecule has 1 aliphatic carbocycles. The molecule has 0 aromatic rings. The molecule has 4 heteroatoms. The summed E-state index contributed by atoms with van der Waals surface area (Å²) >= 11 is 0. The van der Waals surface area contributed by atoms with Crippen LogP contribution in [0.4, 0.5) is 0 Å². The van der Waals surface area contributed by atoms with Crippen molar-refractivity contribution in [2.24, 2.45) is 5.92 Å². The van der Waals surface area contributed by atoms with E-state index in [2.05, 4.69) is 10.6 Å². The Hall–Kier alpha value is -0.610. The lowest BCUT2D eigenvalue weighted by atomic mass is 10.0. The van der Waals surface area contributed by atoms with Crippen molar-refractivity contribution in [3.8, 4) is 0 Å². The number of ether oxygens (including phenoxy) is 1. The molecule has 2 rings (SSSR count). The first-order valence-electron chi connectivity index (χ1n) is 5.97. The molecule has 86 valence electrons. The number of amides is 1. The van der Waals surface area contributed by atoms with Crippen LogP contribution >= 0.6 is 0 Å². The molecule has 15 heavy (non-hydrogen) atoms. The molecular formula is C11H20N2O2. The van der Waals surface area contributed by atoms with Crippen LogP contribution in [-0.4, -0.2) is 38.3 Å². The normalized spacial score (nSPS) is 34.0. The van der Waals surface area contributed by atoms with Crippen LogP contribution in [0.5, 0.6) is 0 Å². The largest absolute Gasteiger partial charge is 0.380 e. The van der Waals surface area contributed by atoms with Gasteiger partial charge in [0.05, 0.1) is 12.5 Å². The highest BCUT2D eigenvalue weighted by atomic mass is 16.5. The summed E-state index contributed by atoms with van der Waals surface area (Å²) in [5, 5.41) is 6.42. The minimum absolute atomic E-state index is 0.183. The number of rotatable bonds is 0. The van der Waals surface area contributed by atoms with E-state index in [-0.39, 0.29) is 11.8 Å². The van der Waals surface area contributed by atoms with Gasteiger partial charge in [-0.25, -0.2) is 0 Å². The number of nitrogens with one attached hydrogen (secondary N) is 2. The van der Waals surface area contributed by atoms with Crippen LogP contribution in [0.1, 0.15) is 25.7 Å². The van der Waals surface area contributed by atoms with Crippen molar-refractivity contribution in [1.82, 2.24) is 10.6 Å². The molecular weight excluding hydrogens is 192 g/mol. The van der Waals surface area contributed by atoms with Crippen molar-refractivity contribution in [3.63, 3.8) is 0 Å². The standard InChI is InChI=1S/C11H20N2O2/c14-11-9-3-1-4-10(9)12-5-2-7-15-8-6-13-11/h9-10,12H,1-8H2,(H,13,14). The Balaban J connectivity index is 1.93. The van der Waals surface area contributed by atoms with E-state index in [1.807, 2.05) is 0 Å². The zero-order chi connectivity index (χ0) is 10.5. The van der Waals surface area contributed by atoms with Crippen LogP contribution in [0, 0.1) is 5.92 Å². The highest BCUT2D eigenvalue weighted by molar-refractivity contribution is 5.79. The van der Waals surface area contributed by atoms with Crippen molar-refractivity contribution < 1.29 is 9.53 Å². The van der Waals surface area contributed by atoms with E-state index in [0.717, 1.165) is 32.4 Å². The van der Waals surface area contributed by atoms with Gasteiger partial charge in [-0.1, -0.05) is 6.42 Å². The molecule has 4 nitrogen and oxygen atoms in total. The summed E-state index contributed by atoms with van der Waals surface area (Å²) in [6.45, 7) is 3.06. The van der Waals surface area contributed by atoms with Crippen molar-refractivity contribution in [1.29, 1.82) is 0 Å². The minimum atomic E-state index is 0.183. The highest BCUT2D eigenvalue weighted by Gasteiger charge is 2.32. The smallest absolute Gasteiger partial charge is 0.224 e. The maximum absolute atomic E-state index is 11.8. The fraction of sp³-hybridized carbons (Fsp3) is 0.909. The van der Waals surface area contributed by atoms with E-state index in [0.29, 0.717) is 19.2 Å². The molecule has 0 radical (unpaired) electrons. The van der Waals surface area contributed by atoms with E-state index >= 15 is 0 Å². The highest BCUT2D eigenvalue weighted by Crippen LogP contribution is 2.25. The maximum atomic E-state index is 11.8. The Morgan fingerprint density at radius 2 is 2.07 bits per heavy atom. The summed E-state index contributed by atoms with van der Waals surface area (Å²) in [5.41, 5.74) is 0. The van der Waals surface area contributed by atoms with Crippen LogP contribution in [0.3, 0.4) is 0 Å². The van der Waals surface area contributed by atoms with Crippen LogP contribution in [0.25, 0.3) is 0 Å². The second-order valence-corrected chi connectivity index (χ2v) is 4.35. The average Bonchev–Trinajstić information content (AvgIpc) is 2.68. The molecule has 0 aromatic carbocycles. The second kappa shape index (κ2) is 5.47. The van der Waals surface area contributed by atoms with Gasteiger partial charge in [0, 0.05) is 19.2 Å². The van der Waals surface area contributed by atoms with Gasteiger partial charge in [0.1, 0.15) is 0 Å². The van der Waals surface area contributed by atoms with Crippen LogP contribution in [0.15, 0.2) is 0 Å². The molecule has 2 fully saturated rings. The third-order valence-electron chi connectivity index (χ3n) is 3.27. The van der Waals surface area contributed by atoms with Gasteiger partial charge in [-0.3, -0.25) is 4.79 Å². The minimum Gasteiger partial charge on any atom is -0.380 e. The number of hydrogen-bond acceptors (Lipinski definition) is 3. The lowest BCUT2D eigenvalue weighted by molar-refractivity contribution is -0.125. The summed E-state index contributed by atoms with van der Waals surface area (Å²) in [7, 11) is 0. The zero-order valence-corrected chi connectivity index (χ0v) is 9.13. The molecule has 0 spiro atoms. The molecule has 1 saturated carbocycles. The van der Waals surface area contributed by atoms with Gasteiger partial charge < -0.3 is 15.4 Å². The lowest BCUT2D eigenvalue weighted by Crippen LogP contribution is -2.42. The van der Waals surface area contributed by atoms with Gasteiger partial charge in [0.2, 0.25) is 5.91 Å². The van der Waals surface area contributed by atoms with E-state index < -0.39 is 0 Å². The fourth-order valence-corrected chi connectivity index (χ4v) is 2.46. The van der Waals surface area contributed by atoms with Gasteiger partial charge in [0.25, 0.3) is 0 Å². The molecule has 2 atom stereocenters. The monoisotopic (exact) mass is 212 g/mol. The third-order valence-corrected chi connectivity index (χ3v) is 3.27. The summed E-state index contributed by atoms with van der Waals surface area (Å²) in [6, 6.07) is 0.392. The molecule has 1 heterocycles. The Bertz CT molecular complexity index is 221. The first-order valence-corrected chi connectivity index (χ1v) is 5.97. The Morgan fingerprint density at radius 3 is 3.00 bits per heavy atom. The molecule has 1 saturated heterocycles. The van der Waals surface area contributed by atoms with Crippen molar-refractivity contribution in [2.75, 3.05) is 26.3 Å². The first kappa shape index (κ1) is 10.9. The van der Waals surface area contributed by atoms with E-state index in [9.17, 15) is 4.79 Å². The van der Waals surface area contributed by atoms with Crippen LogP contribution < -0.4 is 10.6 Å². The average molecular weight is 212 g/mol. The number of fused-ring (bicyclic) bond motifs is 1. The molecule has 0 aromatic heterocycles. The van der Waals surface area contributed by atoms with Gasteiger partial charge in [-0.2, -0.15) is 0 Å². The van der Waals surface area contributed by atoms with Crippen molar-refractivity contribution in [3.05, 3.63) is 0 Å². The first-order chi connectivity index (χ1) is 7.38. The molecule has 2 aliphatic rings. The molecule has 2 unspecified atom stereocenters. The van der Waals surface area contributed by atoms with Crippen molar-refractivity contribution >= 4 is 5.91 Å².